The van der Waals surface area contributed by atoms with Crippen molar-refractivity contribution >= 4 is 39.1 Å². The molecule has 0 N–H and O–H groups in total. The summed E-state index contributed by atoms with van der Waals surface area (Å²) < 4.78 is 25.2. The second-order valence-corrected chi connectivity index (χ2v) is 7.16. The molecule has 2 aromatic carbocycles. The number of sulfone groups is 1. The van der Waals surface area contributed by atoms with Gasteiger partial charge in [-0.2, -0.15) is 10.5 Å². The predicted octanol–water partition coefficient (Wildman–Crippen LogP) is 4.20. The van der Waals surface area contributed by atoms with Crippen LogP contribution in [0, 0.1) is 22.7 Å². The van der Waals surface area contributed by atoms with E-state index in [0.29, 0.717) is 11.1 Å². The third-order valence-corrected chi connectivity index (χ3v) is 5.30. The van der Waals surface area contributed by atoms with Gasteiger partial charge < -0.3 is 0 Å². The summed E-state index contributed by atoms with van der Waals surface area (Å²) in [5, 5.41) is 18.1. The number of allylic oxidation sites excluding steroid dienone is 1. The number of hydrogen-bond acceptors (Lipinski definition) is 4. The molecule has 0 heterocycles. The van der Waals surface area contributed by atoms with E-state index in [2.05, 4.69) is 0 Å². The van der Waals surface area contributed by atoms with Crippen LogP contribution in [-0.2, 0) is 9.84 Å². The Bertz CT molecular complexity index is 967. The van der Waals surface area contributed by atoms with Crippen molar-refractivity contribution in [3.8, 4) is 12.1 Å². The summed E-state index contributed by atoms with van der Waals surface area (Å²) in [7, 11) is -4.10. The summed E-state index contributed by atoms with van der Waals surface area (Å²) in [5.74, 6) is 0. The Hall–Kier alpha value is -2.31. The molecule has 2 aromatic rings. The molecule has 0 spiro atoms. The lowest BCUT2D eigenvalue weighted by atomic mass is 10.1. The molecule has 0 saturated carbocycles. The van der Waals surface area contributed by atoms with Crippen molar-refractivity contribution in [2.45, 2.75) is 4.90 Å². The Labute approximate surface area is 143 Å². The number of nitrogens with zero attached hydrogens (tertiary/aromatic N) is 2. The molecule has 2 rings (SSSR count). The Morgan fingerprint density at radius 1 is 1.04 bits per heavy atom. The van der Waals surface area contributed by atoms with E-state index in [9.17, 15) is 13.7 Å². The van der Waals surface area contributed by atoms with Gasteiger partial charge in [0.1, 0.15) is 11.0 Å². The molecule has 0 aliphatic carbocycles. The standard InChI is InChI=1S/C16H8Cl2N2O2S/c17-13-5-6-15(18)16(8-13)23(21,22)14(10-20)7-11-1-3-12(9-19)4-2-11/h1-8H. The van der Waals surface area contributed by atoms with Crippen LogP contribution >= 0.6 is 23.2 Å². The molecule has 0 aliphatic heterocycles. The van der Waals surface area contributed by atoms with Gasteiger partial charge in [0.05, 0.1) is 21.6 Å². The summed E-state index contributed by atoms with van der Waals surface area (Å²) in [5.41, 5.74) is 0.906. The maximum atomic E-state index is 12.6. The molecule has 0 fully saturated rings. The average Bonchev–Trinajstić information content (AvgIpc) is 2.55. The number of nitriles is 2. The van der Waals surface area contributed by atoms with Crippen molar-refractivity contribution in [1.82, 2.24) is 0 Å². The summed E-state index contributed by atoms with van der Waals surface area (Å²) in [4.78, 5) is -0.695. The first-order chi connectivity index (χ1) is 10.9. The van der Waals surface area contributed by atoms with Gasteiger partial charge in [-0.1, -0.05) is 35.3 Å². The maximum absolute atomic E-state index is 12.6. The number of hydrogen-bond donors (Lipinski definition) is 0. The van der Waals surface area contributed by atoms with E-state index in [1.54, 1.807) is 18.2 Å². The van der Waals surface area contributed by atoms with Gasteiger partial charge in [0, 0.05) is 5.02 Å². The van der Waals surface area contributed by atoms with Crippen LogP contribution in [0.2, 0.25) is 10.0 Å². The third kappa shape index (κ3) is 3.72. The summed E-state index contributed by atoms with van der Waals surface area (Å²) >= 11 is 11.7. The maximum Gasteiger partial charge on any atom is 0.218 e. The van der Waals surface area contributed by atoms with E-state index in [1.165, 1.54) is 36.4 Å². The molecule has 114 valence electrons. The highest BCUT2D eigenvalue weighted by Crippen LogP contribution is 2.30. The third-order valence-electron chi connectivity index (χ3n) is 2.92. The van der Waals surface area contributed by atoms with E-state index in [-0.39, 0.29) is 14.9 Å². The van der Waals surface area contributed by atoms with Crippen LogP contribution < -0.4 is 0 Å². The van der Waals surface area contributed by atoms with Gasteiger partial charge >= 0.3 is 0 Å². The van der Waals surface area contributed by atoms with Gasteiger partial charge in [0.15, 0.2) is 0 Å². The SMILES string of the molecule is N#CC(=Cc1ccc(C#N)cc1)S(=O)(=O)c1cc(Cl)ccc1Cl. The smallest absolute Gasteiger partial charge is 0.218 e. The number of benzene rings is 2. The van der Waals surface area contributed by atoms with Crippen LogP contribution in [0.15, 0.2) is 52.3 Å². The van der Waals surface area contributed by atoms with Crippen LogP contribution in [0.3, 0.4) is 0 Å². The predicted molar refractivity (Wildman–Crippen MR) is 88.4 cm³/mol. The Balaban J connectivity index is 2.55. The zero-order valence-electron chi connectivity index (χ0n) is 11.5. The second-order valence-electron chi connectivity index (χ2n) is 4.43. The van der Waals surface area contributed by atoms with Gasteiger partial charge in [-0.15, -0.1) is 0 Å². The first kappa shape index (κ1) is 17.1. The van der Waals surface area contributed by atoms with Crippen molar-refractivity contribution in [3.05, 3.63) is 68.5 Å². The molecule has 0 unspecified atom stereocenters. The molecular weight excluding hydrogens is 355 g/mol. The first-order valence-electron chi connectivity index (χ1n) is 6.20. The molecule has 0 bridgehead atoms. The van der Waals surface area contributed by atoms with Gasteiger partial charge in [-0.05, 0) is 42.0 Å². The van der Waals surface area contributed by atoms with Gasteiger partial charge in [0.25, 0.3) is 0 Å². The largest absolute Gasteiger partial charge is 0.218 e. The van der Waals surface area contributed by atoms with Crippen molar-refractivity contribution < 1.29 is 8.42 Å². The second kappa shape index (κ2) is 6.85. The summed E-state index contributed by atoms with van der Waals surface area (Å²) in [6, 6.07) is 13.8. The average molecular weight is 363 g/mol. The van der Waals surface area contributed by atoms with Crippen molar-refractivity contribution in [1.29, 1.82) is 10.5 Å². The molecule has 23 heavy (non-hydrogen) atoms. The topological polar surface area (TPSA) is 81.7 Å². The van der Waals surface area contributed by atoms with Crippen LogP contribution in [-0.4, -0.2) is 8.42 Å². The van der Waals surface area contributed by atoms with Crippen molar-refractivity contribution in [2.24, 2.45) is 0 Å². The first-order valence-corrected chi connectivity index (χ1v) is 8.44. The zero-order chi connectivity index (χ0) is 17.0. The number of halogens is 2. The molecule has 0 aromatic heterocycles. The van der Waals surface area contributed by atoms with Gasteiger partial charge in [-0.3, -0.25) is 0 Å². The lowest BCUT2D eigenvalue weighted by molar-refractivity contribution is 0.603. The summed E-state index contributed by atoms with van der Waals surface area (Å²) in [6.45, 7) is 0. The molecule has 0 aliphatic rings. The lowest BCUT2D eigenvalue weighted by Crippen LogP contribution is -2.04. The lowest BCUT2D eigenvalue weighted by Gasteiger charge is -2.06. The Kier molecular flexibility index (Phi) is 5.08. The van der Waals surface area contributed by atoms with Crippen LogP contribution in [0.25, 0.3) is 6.08 Å². The van der Waals surface area contributed by atoms with E-state index in [4.69, 9.17) is 28.5 Å². The van der Waals surface area contributed by atoms with E-state index in [1.807, 2.05) is 6.07 Å². The molecule has 0 atom stereocenters. The fraction of sp³-hybridized carbons (Fsp3) is 0. The van der Waals surface area contributed by atoms with Crippen LogP contribution in [0.1, 0.15) is 11.1 Å². The summed E-state index contributed by atoms with van der Waals surface area (Å²) in [6.07, 6.45) is 1.22. The fourth-order valence-corrected chi connectivity index (χ4v) is 3.69. The Morgan fingerprint density at radius 3 is 2.26 bits per heavy atom. The van der Waals surface area contributed by atoms with Crippen LogP contribution in [0.5, 0.6) is 0 Å². The van der Waals surface area contributed by atoms with Crippen LogP contribution in [0.4, 0.5) is 0 Å². The van der Waals surface area contributed by atoms with Gasteiger partial charge in [-0.25, -0.2) is 8.42 Å². The highest BCUT2D eigenvalue weighted by atomic mass is 35.5. The molecule has 4 nitrogen and oxygen atoms in total. The molecule has 0 saturated heterocycles. The normalized spacial score (nSPS) is 11.6. The van der Waals surface area contributed by atoms with E-state index in [0.717, 1.165) is 0 Å². The minimum atomic E-state index is -4.10. The fourth-order valence-electron chi connectivity index (χ4n) is 1.78. The molecular formula is C16H8Cl2N2O2S. The number of rotatable bonds is 3. The molecule has 7 heteroatoms. The quantitative estimate of drug-likeness (QED) is 0.765. The Morgan fingerprint density at radius 2 is 1.70 bits per heavy atom. The van der Waals surface area contributed by atoms with Crippen molar-refractivity contribution in [3.63, 3.8) is 0 Å². The van der Waals surface area contributed by atoms with Crippen molar-refractivity contribution in [2.75, 3.05) is 0 Å². The highest BCUT2D eigenvalue weighted by molar-refractivity contribution is 7.95. The minimum absolute atomic E-state index is 0.0182. The monoisotopic (exact) mass is 362 g/mol. The van der Waals surface area contributed by atoms with Gasteiger partial charge in [0.2, 0.25) is 9.84 Å². The zero-order valence-corrected chi connectivity index (χ0v) is 13.8. The van der Waals surface area contributed by atoms with E-state index >= 15 is 0 Å². The van der Waals surface area contributed by atoms with E-state index < -0.39 is 14.7 Å². The molecule has 0 amide bonds. The minimum Gasteiger partial charge on any atom is -0.218 e. The highest BCUT2D eigenvalue weighted by Gasteiger charge is 2.24. The molecule has 0 radical (unpaired) electrons.